The highest BCUT2D eigenvalue weighted by atomic mass is 35.5. The molecule has 0 amide bonds. The van der Waals surface area contributed by atoms with E-state index in [0.717, 1.165) is 16.8 Å². The minimum Gasteiger partial charge on any atom is -0.493 e. The summed E-state index contributed by atoms with van der Waals surface area (Å²) >= 11 is 12.1. The number of benzene rings is 3. The number of oxime groups is 1. The molecule has 0 saturated carbocycles. The molecule has 44 heavy (non-hydrogen) atoms. The summed E-state index contributed by atoms with van der Waals surface area (Å²) in [4.78, 5) is 15.0. The van der Waals surface area contributed by atoms with Gasteiger partial charge in [0.1, 0.15) is 18.1 Å². The fraction of sp³-hybridized carbons (Fsp3) is 0.121. The smallest absolute Gasteiger partial charge is 0.335 e. The number of rotatable bonds is 11. The molecule has 0 aliphatic heterocycles. The van der Waals surface area contributed by atoms with Crippen LogP contribution in [0.15, 0.2) is 96.3 Å². The summed E-state index contributed by atoms with van der Waals surface area (Å²) in [7, 11) is 4.33. The number of hydrogen-bond donors (Lipinski definition) is 2. The van der Waals surface area contributed by atoms with Gasteiger partial charge in [-0.25, -0.2) is 4.79 Å². The molecule has 0 radical (unpaired) electrons. The van der Waals surface area contributed by atoms with Crippen molar-refractivity contribution in [1.82, 2.24) is 4.98 Å². The number of allylic oxidation sites excluding steroid dienone is 2. The molecule has 0 atom stereocenters. The first-order valence-electron chi connectivity index (χ1n) is 13.0. The maximum atomic E-state index is 10.8. The number of nitrogens with zero attached hydrogens (tertiary/aromatic N) is 2. The molecule has 0 unspecified atom stereocenters. The zero-order valence-electron chi connectivity index (χ0n) is 24.1. The van der Waals surface area contributed by atoms with E-state index in [1.54, 1.807) is 36.6 Å². The topological polar surface area (TPSA) is 120 Å². The van der Waals surface area contributed by atoms with E-state index in [4.69, 9.17) is 47.3 Å². The number of aromatic carboxylic acids is 1. The van der Waals surface area contributed by atoms with Gasteiger partial charge in [-0.1, -0.05) is 58.7 Å². The molecule has 1 aromatic heterocycles. The largest absolute Gasteiger partial charge is 0.493 e. The quantitative estimate of drug-likeness (QED) is 0.0967. The van der Waals surface area contributed by atoms with Crippen molar-refractivity contribution in [3.63, 3.8) is 0 Å². The van der Waals surface area contributed by atoms with Gasteiger partial charge in [-0.15, -0.1) is 0 Å². The third-order valence-corrected chi connectivity index (χ3v) is 6.48. The molecular formula is C33H30Cl2N2O7. The molecule has 1 heterocycles. The Morgan fingerprint density at radius 2 is 1.55 bits per heavy atom. The maximum absolute atomic E-state index is 10.8. The molecule has 2 N–H and O–H groups in total. The number of halogens is 2. The van der Waals surface area contributed by atoms with Gasteiger partial charge >= 0.3 is 5.97 Å². The second-order valence-corrected chi connectivity index (χ2v) is 9.57. The molecule has 4 aromatic rings. The first-order chi connectivity index (χ1) is 21.3. The summed E-state index contributed by atoms with van der Waals surface area (Å²) in [5.74, 6) is 0.670. The molecule has 228 valence electrons. The highest BCUT2D eigenvalue weighted by Crippen LogP contribution is 2.38. The van der Waals surface area contributed by atoms with Gasteiger partial charge in [-0.05, 0) is 66.8 Å². The molecule has 0 fully saturated rings. The third-order valence-electron chi connectivity index (χ3n) is 5.89. The zero-order chi connectivity index (χ0) is 31.9. The maximum Gasteiger partial charge on any atom is 0.335 e. The van der Waals surface area contributed by atoms with Crippen molar-refractivity contribution >= 4 is 47.0 Å². The van der Waals surface area contributed by atoms with Crippen LogP contribution in [0.4, 0.5) is 0 Å². The van der Waals surface area contributed by atoms with Crippen LogP contribution >= 0.6 is 23.2 Å². The molecule has 0 spiro atoms. The number of carboxylic acids is 1. The van der Waals surface area contributed by atoms with Gasteiger partial charge < -0.3 is 29.3 Å². The first-order valence-corrected chi connectivity index (χ1v) is 13.7. The van der Waals surface area contributed by atoms with Gasteiger partial charge in [0.15, 0.2) is 11.5 Å². The van der Waals surface area contributed by atoms with Crippen LogP contribution in [0.5, 0.6) is 23.0 Å². The molecule has 0 saturated heterocycles. The Kier molecular flexibility index (Phi) is 13.1. The van der Waals surface area contributed by atoms with Crippen molar-refractivity contribution in [3.8, 4) is 23.0 Å². The van der Waals surface area contributed by atoms with Crippen LogP contribution in [-0.4, -0.2) is 48.3 Å². The summed E-state index contributed by atoms with van der Waals surface area (Å²) in [5.41, 5.74) is 2.91. The Morgan fingerprint density at radius 1 is 0.864 bits per heavy atom. The van der Waals surface area contributed by atoms with Crippen LogP contribution in [0.3, 0.4) is 0 Å². The van der Waals surface area contributed by atoms with Gasteiger partial charge in [-0.3, -0.25) is 4.98 Å². The SMILES string of the molecule is COc1cc(C(=O)O)cc(OC)c1OC.ON=C(C=Cc1ccccn1)C=Cc1ccccc1OCc1ccc(Cl)cc1Cl. The summed E-state index contributed by atoms with van der Waals surface area (Å²) in [6.07, 6.45) is 8.65. The van der Waals surface area contributed by atoms with Gasteiger partial charge in [0.25, 0.3) is 0 Å². The Balaban J connectivity index is 0.000000297. The standard InChI is InChI=1S/C23H18Cl2N2O2.C10H12O5/c24-19-10-8-18(22(25)15-19)16-29-23-7-2-1-5-17(23)9-11-21(27-28)13-12-20-6-3-4-14-26-20;1-13-7-4-6(10(11)12)5-8(14-2)9(7)15-3/h1-15,28H,16H2;4-5H,1-3H3,(H,11,12). The van der Waals surface area contributed by atoms with Crippen LogP contribution in [0.25, 0.3) is 12.2 Å². The van der Waals surface area contributed by atoms with Crippen molar-refractivity contribution in [1.29, 1.82) is 0 Å². The zero-order valence-corrected chi connectivity index (χ0v) is 25.6. The van der Waals surface area contributed by atoms with E-state index in [9.17, 15) is 10.0 Å². The molecule has 0 bridgehead atoms. The minimum atomic E-state index is -1.05. The number of pyridine rings is 1. The predicted octanol–water partition coefficient (Wildman–Crippen LogP) is 7.93. The Hall–Kier alpha value is -4.99. The van der Waals surface area contributed by atoms with E-state index in [-0.39, 0.29) is 5.56 Å². The molecule has 4 rings (SSSR count). The summed E-state index contributed by atoms with van der Waals surface area (Å²) in [5, 5.41) is 22.5. The van der Waals surface area contributed by atoms with Gasteiger partial charge in [0.05, 0.1) is 32.6 Å². The molecule has 9 nitrogen and oxygen atoms in total. The van der Waals surface area contributed by atoms with E-state index in [0.29, 0.717) is 45.4 Å². The number of ether oxygens (including phenoxy) is 4. The van der Waals surface area contributed by atoms with E-state index < -0.39 is 5.97 Å². The summed E-state index contributed by atoms with van der Waals surface area (Å²) < 4.78 is 21.0. The number of carbonyl (C=O) groups is 1. The van der Waals surface area contributed by atoms with E-state index >= 15 is 0 Å². The predicted molar refractivity (Wildman–Crippen MR) is 172 cm³/mol. The first kappa shape index (κ1) is 33.5. The summed E-state index contributed by atoms with van der Waals surface area (Å²) in [6, 6.07) is 21.2. The minimum absolute atomic E-state index is 0.0875. The monoisotopic (exact) mass is 636 g/mol. The van der Waals surface area contributed by atoms with Crippen LogP contribution < -0.4 is 18.9 Å². The normalized spacial score (nSPS) is 11.2. The average Bonchev–Trinajstić information content (AvgIpc) is 3.04. The lowest BCUT2D eigenvalue weighted by Crippen LogP contribution is -2.01. The number of methoxy groups -OCH3 is 3. The van der Waals surface area contributed by atoms with E-state index in [1.165, 1.54) is 33.5 Å². The molecular weight excluding hydrogens is 607 g/mol. The number of para-hydroxylation sites is 1. The fourth-order valence-electron chi connectivity index (χ4n) is 3.69. The Labute approximate surface area is 265 Å². The fourth-order valence-corrected chi connectivity index (χ4v) is 4.15. The third kappa shape index (κ3) is 9.79. The van der Waals surface area contributed by atoms with Crippen LogP contribution in [0.1, 0.15) is 27.2 Å². The lowest BCUT2D eigenvalue weighted by Gasteiger charge is -2.12. The van der Waals surface area contributed by atoms with E-state index in [2.05, 4.69) is 10.1 Å². The van der Waals surface area contributed by atoms with Crippen molar-refractivity contribution in [2.75, 3.05) is 21.3 Å². The van der Waals surface area contributed by atoms with Crippen LogP contribution in [0.2, 0.25) is 10.0 Å². The lowest BCUT2D eigenvalue weighted by atomic mass is 10.1. The van der Waals surface area contributed by atoms with Crippen molar-refractivity contribution < 1.29 is 34.1 Å². The van der Waals surface area contributed by atoms with Crippen LogP contribution in [0, 0.1) is 0 Å². The van der Waals surface area contributed by atoms with Gasteiger partial charge in [0, 0.05) is 27.4 Å². The molecule has 11 heteroatoms. The van der Waals surface area contributed by atoms with Crippen molar-refractivity contribution in [2.24, 2.45) is 5.16 Å². The highest BCUT2D eigenvalue weighted by Gasteiger charge is 2.16. The lowest BCUT2D eigenvalue weighted by molar-refractivity contribution is 0.0696. The Morgan fingerprint density at radius 3 is 2.14 bits per heavy atom. The van der Waals surface area contributed by atoms with Crippen LogP contribution in [-0.2, 0) is 6.61 Å². The summed E-state index contributed by atoms with van der Waals surface area (Å²) in [6.45, 7) is 0.307. The highest BCUT2D eigenvalue weighted by molar-refractivity contribution is 6.35. The average molecular weight is 638 g/mol. The number of carboxylic acid groups (broad SMARTS) is 1. The second-order valence-electron chi connectivity index (χ2n) is 8.73. The van der Waals surface area contributed by atoms with Crippen molar-refractivity contribution in [2.45, 2.75) is 6.61 Å². The molecule has 0 aliphatic carbocycles. The Bertz CT molecular complexity index is 1620. The number of hydrogen-bond acceptors (Lipinski definition) is 8. The van der Waals surface area contributed by atoms with Gasteiger partial charge in [-0.2, -0.15) is 0 Å². The van der Waals surface area contributed by atoms with E-state index in [1.807, 2.05) is 54.6 Å². The van der Waals surface area contributed by atoms with Gasteiger partial charge in [0.2, 0.25) is 5.75 Å². The second kappa shape index (κ2) is 17.2. The number of aromatic nitrogens is 1. The molecule has 3 aromatic carbocycles. The molecule has 0 aliphatic rings. The van der Waals surface area contributed by atoms with Crippen molar-refractivity contribution in [3.05, 3.63) is 124 Å².